The smallest absolute Gasteiger partial charge is 0.328 e. The fourth-order valence-corrected chi connectivity index (χ4v) is 1.31. The molecule has 0 saturated carbocycles. The fraction of sp³-hybridized carbons (Fsp3) is 0.167. The summed E-state index contributed by atoms with van der Waals surface area (Å²) in [6.07, 6.45) is 3.70. The Morgan fingerprint density at radius 1 is 1.50 bits per heavy atom. The Labute approximate surface area is 71.5 Å². The Balaban J connectivity index is 3.20. The van der Waals surface area contributed by atoms with Crippen LogP contribution in [0.25, 0.3) is 0 Å². The molecule has 6 heteroatoms. The predicted octanol–water partition coefficient (Wildman–Crippen LogP) is -1.28. The topological polar surface area (TPSA) is 67.3 Å². The van der Waals surface area contributed by atoms with Crippen LogP contribution in [0.1, 0.15) is 0 Å². The van der Waals surface area contributed by atoms with Gasteiger partial charge in [0.1, 0.15) is 0 Å². The lowest BCUT2D eigenvalue weighted by Gasteiger charge is -1.98. The van der Waals surface area contributed by atoms with Gasteiger partial charge in [0.25, 0.3) is 0 Å². The molecule has 0 aromatic carbocycles. The van der Waals surface area contributed by atoms with Crippen molar-refractivity contribution in [3.05, 3.63) is 18.5 Å². The minimum Gasteiger partial charge on any atom is -0.450 e. The second-order valence-corrected chi connectivity index (χ2v) is 4.37. The van der Waals surface area contributed by atoms with Crippen molar-refractivity contribution in [1.82, 2.24) is 4.98 Å². The van der Waals surface area contributed by atoms with E-state index in [9.17, 15) is 8.42 Å². The lowest BCUT2D eigenvalue weighted by atomic mass is 9.91. The molecule has 12 heavy (non-hydrogen) atoms. The minimum absolute atomic E-state index is 0.102. The molecule has 0 spiro atoms. The van der Waals surface area contributed by atoms with E-state index in [4.69, 9.17) is 5.02 Å². The van der Waals surface area contributed by atoms with Crippen LogP contribution in [-0.4, -0.2) is 32.2 Å². The van der Waals surface area contributed by atoms with E-state index in [0.717, 1.165) is 13.7 Å². The van der Waals surface area contributed by atoms with Crippen LogP contribution in [0.5, 0.6) is 0 Å². The van der Waals surface area contributed by atoms with Gasteiger partial charge in [-0.15, -0.1) is 0 Å². The first-order chi connectivity index (χ1) is 5.54. The largest absolute Gasteiger partial charge is 0.450 e. The van der Waals surface area contributed by atoms with Crippen molar-refractivity contribution in [2.75, 3.05) is 6.26 Å². The number of pyridine rings is 1. The number of sulfone groups is 1. The molecule has 0 atom stereocenters. The van der Waals surface area contributed by atoms with Crippen LogP contribution in [0, 0.1) is 0 Å². The number of rotatable bonds is 2. The van der Waals surface area contributed by atoms with Gasteiger partial charge in [0.15, 0.2) is 9.84 Å². The SMILES string of the molecule is CS(=O)(=O)c1cncc([B]O)c1. The average molecular weight is 184 g/mol. The highest BCUT2D eigenvalue weighted by Gasteiger charge is 2.07. The van der Waals surface area contributed by atoms with Crippen LogP contribution in [0.2, 0.25) is 0 Å². The van der Waals surface area contributed by atoms with E-state index in [-0.39, 0.29) is 4.90 Å². The Morgan fingerprint density at radius 3 is 2.67 bits per heavy atom. The summed E-state index contributed by atoms with van der Waals surface area (Å²) in [6, 6.07) is 1.35. The number of hydrogen-bond donors (Lipinski definition) is 1. The van der Waals surface area contributed by atoms with Gasteiger partial charge < -0.3 is 5.02 Å². The van der Waals surface area contributed by atoms with E-state index >= 15 is 0 Å². The Bertz CT molecular complexity index is 376. The number of hydrogen-bond acceptors (Lipinski definition) is 4. The van der Waals surface area contributed by atoms with Crippen molar-refractivity contribution >= 4 is 22.8 Å². The summed E-state index contributed by atoms with van der Waals surface area (Å²) in [7, 11) is -2.42. The van der Waals surface area contributed by atoms with E-state index in [1.54, 1.807) is 0 Å². The van der Waals surface area contributed by atoms with Crippen LogP contribution in [0.15, 0.2) is 23.4 Å². The van der Waals surface area contributed by atoms with Crippen molar-refractivity contribution in [1.29, 1.82) is 0 Å². The van der Waals surface area contributed by atoms with Crippen molar-refractivity contribution in [2.45, 2.75) is 4.90 Å². The van der Waals surface area contributed by atoms with Gasteiger partial charge in [-0.05, 0) is 11.5 Å². The summed E-state index contributed by atoms with van der Waals surface area (Å²) in [4.78, 5) is 3.75. The summed E-state index contributed by atoms with van der Waals surface area (Å²) in [6.45, 7) is 0. The van der Waals surface area contributed by atoms with Gasteiger partial charge in [0, 0.05) is 18.6 Å². The zero-order valence-electron chi connectivity index (χ0n) is 6.43. The lowest BCUT2D eigenvalue weighted by molar-refractivity contribution is 0.601. The minimum atomic E-state index is -3.23. The third-order valence-electron chi connectivity index (χ3n) is 1.31. The Hall–Kier alpha value is -0.875. The molecule has 0 unspecified atom stereocenters. The number of nitrogens with zero attached hydrogens (tertiary/aromatic N) is 1. The zero-order valence-corrected chi connectivity index (χ0v) is 7.25. The third-order valence-corrected chi connectivity index (χ3v) is 2.39. The van der Waals surface area contributed by atoms with Gasteiger partial charge in [-0.25, -0.2) is 8.42 Å². The standard InChI is InChI=1S/C6H7BNO3S/c1-12(10,11)6-2-5(7-9)3-8-4-6/h2-4,9H,1H3. The van der Waals surface area contributed by atoms with E-state index in [0.29, 0.717) is 5.46 Å². The first-order valence-electron chi connectivity index (χ1n) is 3.16. The van der Waals surface area contributed by atoms with Crippen molar-refractivity contribution in [3.63, 3.8) is 0 Å². The molecular formula is C6H7BNO3S. The molecule has 1 radical (unpaired) electrons. The molecule has 0 bridgehead atoms. The van der Waals surface area contributed by atoms with Crippen LogP contribution in [0.4, 0.5) is 0 Å². The summed E-state index contributed by atoms with van der Waals surface area (Å²) < 4.78 is 21.9. The van der Waals surface area contributed by atoms with Gasteiger partial charge in [0.2, 0.25) is 0 Å². The van der Waals surface area contributed by atoms with Crippen LogP contribution in [0.3, 0.4) is 0 Å². The molecule has 1 aromatic heterocycles. The maximum Gasteiger partial charge on any atom is 0.328 e. The van der Waals surface area contributed by atoms with E-state index < -0.39 is 9.84 Å². The highest BCUT2D eigenvalue weighted by Crippen LogP contribution is 2.02. The molecule has 1 N–H and O–H groups in total. The van der Waals surface area contributed by atoms with E-state index in [2.05, 4.69) is 4.98 Å². The average Bonchev–Trinajstić information content (AvgIpc) is 2.03. The van der Waals surface area contributed by atoms with Gasteiger partial charge >= 0.3 is 7.48 Å². The Morgan fingerprint density at radius 2 is 2.17 bits per heavy atom. The molecule has 0 aliphatic heterocycles. The monoisotopic (exact) mass is 184 g/mol. The molecular weight excluding hydrogens is 177 g/mol. The number of aromatic nitrogens is 1. The molecule has 0 fully saturated rings. The van der Waals surface area contributed by atoms with Crippen LogP contribution < -0.4 is 5.46 Å². The van der Waals surface area contributed by atoms with Crippen LogP contribution >= 0.6 is 0 Å². The maximum atomic E-state index is 11.0. The summed E-state index contributed by atoms with van der Waals surface area (Å²) in [5.41, 5.74) is 0.373. The lowest BCUT2D eigenvalue weighted by Crippen LogP contribution is -2.15. The highest BCUT2D eigenvalue weighted by molar-refractivity contribution is 7.90. The predicted molar refractivity (Wildman–Crippen MR) is 45.0 cm³/mol. The summed E-state index contributed by atoms with van der Waals surface area (Å²) >= 11 is 0. The molecule has 1 aromatic rings. The molecule has 1 rings (SSSR count). The van der Waals surface area contributed by atoms with Crippen molar-refractivity contribution in [3.8, 4) is 0 Å². The van der Waals surface area contributed by atoms with Crippen LogP contribution in [-0.2, 0) is 9.84 Å². The highest BCUT2D eigenvalue weighted by atomic mass is 32.2. The molecule has 0 aliphatic rings. The molecule has 0 amide bonds. The molecule has 4 nitrogen and oxygen atoms in total. The summed E-state index contributed by atoms with van der Waals surface area (Å²) in [5, 5.41) is 8.57. The van der Waals surface area contributed by atoms with Gasteiger partial charge in [-0.3, -0.25) is 4.98 Å². The maximum absolute atomic E-state index is 11.0. The van der Waals surface area contributed by atoms with Crippen molar-refractivity contribution < 1.29 is 13.4 Å². The summed E-state index contributed by atoms with van der Waals surface area (Å²) in [5.74, 6) is 0. The first-order valence-corrected chi connectivity index (χ1v) is 5.06. The molecule has 0 aliphatic carbocycles. The molecule has 63 valence electrons. The van der Waals surface area contributed by atoms with Gasteiger partial charge in [0.05, 0.1) is 4.90 Å². The second-order valence-electron chi connectivity index (χ2n) is 2.36. The molecule has 1 heterocycles. The zero-order chi connectivity index (χ0) is 9.19. The van der Waals surface area contributed by atoms with E-state index in [1.807, 2.05) is 0 Å². The van der Waals surface area contributed by atoms with E-state index in [1.165, 1.54) is 18.5 Å². The molecule has 0 saturated heterocycles. The first kappa shape index (κ1) is 9.21. The van der Waals surface area contributed by atoms with Gasteiger partial charge in [-0.1, -0.05) is 0 Å². The van der Waals surface area contributed by atoms with Crippen molar-refractivity contribution in [2.24, 2.45) is 0 Å². The second kappa shape index (κ2) is 3.24. The normalized spacial score (nSPS) is 11.2. The Kier molecular flexibility index (Phi) is 2.49. The third kappa shape index (κ3) is 2.05. The van der Waals surface area contributed by atoms with Gasteiger partial charge in [-0.2, -0.15) is 0 Å². The fourth-order valence-electron chi connectivity index (χ4n) is 0.709. The quantitative estimate of drug-likeness (QED) is 0.581.